The van der Waals surface area contributed by atoms with Gasteiger partial charge in [-0.1, -0.05) is 30.3 Å². The second-order valence-corrected chi connectivity index (χ2v) is 6.04. The van der Waals surface area contributed by atoms with Gasteiger partial charge in [0.2, 0.25) is 10.0 Å². The molecule has 0 radical (unpaired) electrons. The van der Waals surface area contributed by atoms with Gasteiger partial charge in [0.25, 0.3) is 5.56 Å². The summed E-state index contributed by atoms with van der Waals surface area (Å²) in [5, 5.41) is 0. The van der Waals surface area contributed by atoms with Crippen LogP contribution in [-0.4, -0.2) is 24.9 Å². The van der Waals surface area contributed by atoms with Crippen LogP contribution in [0, 0.1) is 0 Å². The van der Waals surface area contributed by atoms with E-state index in [1.807, 2.05) is 11.1 Å². The molecule has 0 fully saturated rings. The molecule has 0 saturated carbocycles. The molecule has 0 aliphatic rings. The minimum Gasteiger partial charge on any atom is -0.323 e. The lowest BCUT2D eigenvalue weighted by Crippen LogP contribution is -2.36. The van der Waals surface area contributed by atoms with Crippen LogP contribution in [-0.2, 0) is 10.0 Å². The third kappa shape index (κ3) is 3.66. The molecule has 1 atom stereocenters. The highest BCUT2D eigenvalue weighted by Gasteiger charge is 2.19. The summed E-state index contributed by atoms with van der Waals surface area (Å²) in [5.41, 5.74) is 4.87. The maximum absolute atomic E-state index is 12.0. The van der Waals surface area contributed by atoms with E-state index in [2.05, 4.69) is 9.71 Å². The van der Waals surface area contributed by atoms with E-state index in [1.165, 1.54) is 0 Å². The SMILES string of the molecule is NC(CNS(=O)(=O)c1c[nH]c(=O)[nH]c1=O)c1ccccc1. The number of aromatic amines is 2. The molecular weight excluding hydrogens is 296 g/mol. The summed E-state index contributed by atoms with van der Waals surface area (Å²) in [6.45, 7) is -0.0785. The van der Waals surface area contributed by atoms with Gasteiger partial charge in [-0.3, -0.25) is 9.78 Å². The van der Waals surface area contributed by atoms with Gasteiger partial charge in [-0.15, -0.1) is 0 Å². The Morgan fingerprint density at radius 3 is 2.48 bits per heavy atom. The lowest BCUT2D eigenvalue weighted by atomic mass is 10.1. The fraction of sp³-hybridized carbons (Fsp3) is 0.167. The molecule has 0 aliphatic carbocycles. The van der Waals surface area contributed by atoms with E-state index in [9.17, 15) is 18.0 Å². The summed E-state index contributed by atoms with van der Waals surface area (Å²) in [6.07, 6.45) is 0.845. The van der Waals surface area contributed by atoms with Gasteiger partial charge in [-0.25, -0.2) is 17.9 Å². The molecule has 1 unspecified atom stereocenters. The van der Waals surface area contributed by atoms with Crippen molar-refractivity contribution in [3.8, 4) is 0 Å². The predicted molar refractivity (Wildman–Crippen MR) is 76.2 cm³/mol. The fourth-order valence-corrected chi connectivity index (χ4v) is 2.76. The molecule has 112 valence electrons. The third-order valence-electron chi connectivity index (χ3n) is 2.80. The highest BCUT2D eigenvalue weighted by molar-refractivity contribution is 7.89. The number of rotatable bonds is 5. The molecule has 0 bridgehead atoms. The molecule has 0 aliphatic heterocycles. The van der Waals surface area contributed by atoms with Crippen molar-refractivity contribution in [2.24, 2.45) is 5.73 Å². The number of H-pyrrole nitrogens is 2. The van der Waals surface area contributed by atoms with Crippen LogP contribution in [0.2, 0.25) is 0 Å². The van der Waals surface area contributed by atoms with Gasteiger partial charge in [0.1, 0.15) is 0 Å². The summed E-state index contributed by atoms with van der Waals surface area (Å²) in [6, 6.07) is 8.38. The lowest BCUT2D eigenvalue weighted by molar-refractivity contribution is 0.570. The highest BCUT2D eigenvalue weighted by Crippen LogP contribution is 2.09. The van der Waals surface area contributed by atoms with Gasteiger partial charge in [-0.2, -0.15) is 0 Å². The molecule has 9 heteroatoms. The van der Waals surface area contributed by atoms with Crippen LogP contribution < -0.4 is 21.7 Å². The minimum atomic E-state index is -4.05. The van der Waals surface area contributed by atoms with Crippen LogP contribution in [0.3, 0.4) is 0 Å². The molecule has 21 heavy (non-hydrogen) atoms. The van der Waals surface area contributed by atoms with Crippen LogP contribution in [0.1, 0.15) is 11.6 Å². The zero-order valence-corrected chi connectivity index (χ0v) is 11.7. The van der Waals surface area contributed by atoms with Gasteiger partial charge in [0, 0.05) is 18.8 Å². The quantitative estimate of drug-likeness (QED) is 0.563. The molecule has 5 N–H and O–H groups in total. The van der Waals surface area contributed by atoms with Gasteiger partial charge < -0.3 is 10.7 Å². The van der Waals surface area contributed by atoms with Crippen molar-refractivity contribution in [3.63, 3.8) is 0 Å². The van der Waals surface area contributed by atoms with Gasteiger partial charge in [-0.05, 0) is 5.56 Å². The maximum Gasteiger partial charge on any atom is 0.325 e. The molecule has 1 aromatic carbocycles. The summed E-state index contributed by atoms with van der Waals surface area (Å²) < 4.78 is 26.2. The van der Waals surface area contributed by atoms with Crippen molar-refractivity contribution < 1.29 is 8.42 Å². The zero-order valence-electron chi connectivity index (χ0n) is 10.9. The van der Waals surface area contributed by atoms with Gasteiger partial charge in [0.05, 0.1) is 0 Å². The Hall–Kier alpha value is -2.23. The monoisotopic (exact) mass is 310 g/mol. The Balaban J connectivity index is 2.15. The molecule has 1 heterocycles. The molecule has 0 saturated heterocycles. The van der Waals surface area contributed by atoms with E-state index in [1.54, 1.807) is 24.3 Å². The number of hydrogen-bond acceptors (Lipinski definition) is 5. The van der Waals surface area contributed by atoms with Crippen molar-refractivity contribution in [2.75, 3.05) is 6.54 Å². The molecule has 0 spiro atoms. The van der Waals surface area contributed by atoms with E-state index in [0.717, 1.165) is 11.8 Å². The number of hydrogen-bond donors (Lipinski definition) is 4. The van der Waals surface area contributed by atoms with Gasteiger partial charge in [0.15, 0.2) is 4.90 Å². The summed E-state index contributed by atoms with van der Waals surface area (Å²) in [4.78, 5) is 25.7. The Bertz CT molecular complexity index is 826. The smallest absolute Gasteiger partial charge is 0.323 e. The topological polar surface area (TPSA) is 138 Å². The number of sulfonamides is 1. The first kappa shape index (κ1) is 15.2. The van der Waals surface area contributed by atoms with E-state index in [0.29, 0.717) is 0 Å². The second kappa shape index (κ2) is 6.04. The average molecular weight is 310 g/mol. The summed E-state index contributed by atoms with van der Waals surface area (Å²) in [7, 11) is -4.05. The van der Waals surface area contributed by atoms with E-state index < -0.39 is 32.2 Å². The van der Waals surface area contributed by atoms with Crippen molar-refractivity contribution in [1.82, 2.24) is 14.7 Å². The first-order valence-corrected chi connectivity index (χ1v) is 7.50. The Morgan fingerprint density at radius 1 is 1.19 bits per heavy atom. The molecule has 8 nitrogen and oxygen atoms in total. The number of aromatic nitrogens is 2. The number of nitrogens with two attached hydrogens (primary N) is 1. The zero-order chi connectivity index (χ0) is 15.5. The number of nitrogens with one attached hydrogen (secondary N) is 3. The van der Waals surface area contributed by atoms with Crippen LogP contribution in [0.5, 0.6) is 0 Å². The first-order valence-electron chi connectivity index (χ1n) is 6.02. The fourth-order valence-electron chi connectivity index (χ4n) is 1.69. The van der Waals surface area contributed by atoms with Gasteiger partial charge >= 0.3 is 5.69 Å². The Labute approximate surface area is 120 Å². The standard InChI is InChI=1S/C12H14N4O4S/c13-9(8-4-2-1-3-5-8)6-15-21(19,20)10-7-14-12(18)16-11(10)17/h1-5,7,9,15H,6,13H2,(H2,14,16,17,18). The second-order valence-electron chi connectivity index (χ2n) is 4.31. The van der Waals surface area contributed by atoms with E-state index >= 15 is 0 Å². The molecule has 2 aromatic rings. The van der Waals surface area contributed by atoms with Crippen LogP contribution >= 0.6 is 0 Å². The normalized spacial score (nSPS) is 13.0. The third-order valence-corrected chi connectivity index (χ3v) is 4.22. The van der Waals surface area contributed by atoms with Crippen molar-refractivity contribution >= 4 is 10.0 Å². The molecule has 0 amide bonds. The maximum atomic E-state index is 12.0. The molecule has 2 rings (SSSR count). The van der Waals surface area contributed by atoms with E-state index in [-0.39, 0.29) is 6.54 Å². The van der Waals surface area contributed by atoms with Crippen LogP contribution in [0.4, 0.5) is 0 Å². The first-order chi connectivity index (χ1) is 9.90. The number of benzene rings is 1. The molecular formula is C12H14N4O4S. The molecule has 1 aromatic heterocycles. The van der Waals surface area contributed by atoms with Crippen molar-refractivity contribution in [1.29, 1.82) is 0 Å². The van der Waals surface area contributed by atoms with Crippen molar-refractivity contribution in [3.05, 3.63) is 62.9 Å². The Morgan fingerprint density at radius 2 is 1.86 bits per heavy atom. The van der Waals surface area contributed by atoms with Crippen LogP contribution in [0.15, 0.2) is 51.0 Å². The van der Waals surface area contributed by atoms with E-state index in [4.69, 9.17) is 5.73 Å². The lowest BCUT2D eigenvalue weighted by Gasteiger charge is -2.13. The highest BCUT2D eigenvalue weighted by atomic mass is 32.2. The summed E-state index contributed by atoms with van der Waals surface area (Å²) in [5.74, 6) is 0. The van der Waals surface area contributed by atoms with Crippen LogP contribution in [0.25, 0.3) is 0 Å². The largest absolute Gasteiger partial charge is 0.325 e. The Kier molecular flexibility index (Phi) is 4.36. The average Bonchev–Trinajstić information content (AvgIpc) is 2.45. The predicted octanol–water partition coefficient (Wildman–Crippen LogP) is -0.958. The minimum absolute atomic E-state index is 0.0785. The van der Waals surface area contributed by atoms with Crippen molar-refractivity contribution in [2.45, 2.75) is 10.9 Å². The summed E-state index contributed by atoms with van der Waals surface area (Å²) >= 11 is 0.